The zero-order valence-corrected chi connectivity index (χ0v) is 11.4. The number of anilines is 1. The van der Waals surface area contributed by atoms with Crippen LogP contribution in [0.1, 0.15) is 18.1 Å². The van der Waals surface area contributed by atoms with E-state index >= 15 is 0 Å². The Morgan fingerprint density at radius 3 is 2.90 bits per heavy atom. The first-order chi connectivity index (χ1) is 10.2. The summed E-state index contributed by atoms with van der Waals surface area (Å²) in [5, 5.41) is 0.760. The fraction of sp³-hybridized carbons (Fsp3) is 0.214. The number of aromatic nitrogens is 4. The van der Waals surface area contributed by atoms with Crippen molar-refractivity contribution in [1.82, 2.24) is 19.9 Å². The highest BCUT2D eigenvalue weighted by Crippen LogP contribution is 2.27. The third kappa shape index (κ3) is 2.49. The van der Waals surface area contributed by atoms with Gasteiger partial charge in [0.2, 0.25) is 11.8 Å². The Kier molecular flexibility index (Phi) is 3.39. The van der Waals surface area contributed by atoms with E-state index in [1.165, 1.54) is 6.33 Å². The molecular weight excluding hydrogens is 273 g/mol. The highest BCUT2D eigenvalue weighted by atomic mass is 19.1. The van der Waals surface area contributed by atoms with Crippen LogP contribution in [0.4, 0.5) is 10.2 Å². The molecule has 3 aromatic rings. The van der Waals surface area contributed by atoms with Crippen molar-refractivity contribution in [3.63, 3.8) is 0 Å². The van der Waals surface area contributed by atoms with Gasteiger partial charge in [-0.1, -0.05) is 6.07 Å². The minimum atomic E-state index is -0.570. The summed E-state index contributed by atoms with van der Waals surface area (Å²) in [7, 11) is 0. The number of nitrogen functional groups attached to an aromatic ring is 1. The predicted octanol–water partition coefficient (Wildman–Crippen LogP) is 2.06. The number of nitrogens with one attached hydrogen (secondary N) is 1. The lowest BCUT2D eigenvalue weighted by Crippen LogP contribution is -2.00. The normalized spacial score (nSPS) is 11.0. The maximum Gasteiger partial charge on any atom is 0.226 e. The lowest BCUT2D eigenvalue weighted by atomic mass is 10.1. The van der Waals surface area contributed by atoms with Crippen molar-refractivity contribution in [3.8, 4) is 5.88 Å². The SMILES string of the molecule is CCOc1ncnc2[nH]cc(Cc3ccc(N)nc3F)c12. The molecular formula is C14H14FN5O. The number of hydrogen-bond donors (Lipinski definition) is 2. The molecule has 0 aromatic carbocycles. The predicted molar refractivity (Wildman–Crippen MR) is 76.5 cm³/mol. The molecule has 7 heteroatoms. The van der Waals surface area contributed by atoms with E-state index in [1.807, 2.05) is 6.92 Å². The summed E-state index contributed by atoms with van der Waals surface area (Å²) in [5.41, 5.74) is 7.42. The van der Waals surface area contributed by atoms with Crippen LogP contribution in [-0.2, 0) is 6.42 Å². The Labute approximate surface area is 120 Å². The first-order valence-corrected chi connectivity index (χ1v) is 6.53. The van der Waals surface area contributed by atoms with E-state index < -0.39 is 5.95 Å². The number of hydrogen-bond acceptors (Lipinski definition) is 5. The second kappa shape index (κ2) is 5.35. The summed E-state index contributed by atoms with van der Waals surface area (Å²) in [6.45, 7) is 2.37. The van der Waals surface area contributed by atoms with Gasteiger partial charge in [-0.3, -0.25) is 0 Å². The Balaban J connectivity index is 2.04. The average molecular weight is 287 g/mol. The summed E-state index contributed by atoms with van der Waals surface area (Å²) in [4.78, 5) is 14.9. The largest absolute Gasteiger partial charge is 0.477 e. The average Bonchev–Trinajstić information content (AvgIpc) is 2.87. The molecule has 3 aromatic heterocycles. The van der Waals surface area contributed by atoms with E-state index in [1.54, 1.807) is 18.3 Å². The number of ether oxygens (including phenoxy) is 1. The molecule has 0 aliphatic carbocycles. The van der Waals surface area contributed by atoms with Gasteiger partial charge in [-0.15, -0.1) is 0 Å². The van der Waals surface area contributed by atoms with Gasteiger partial charge in [0.25, 0.3) is 0 Å². The van der Waals surface area contributed by atoms with E-state index in [4.69, 9.17) is 10.5 Å². The van der Waals surface area contributed by atoms with Gasteiger partial charge in [0.05, 0.1) is 12.0 Å². The Hall–Kier alpha value is -2.70. The highest BCUT2D eigenvalue weighted by molar-refractivity contribution is 5.85. The molecule has 0 aliphatic rings. The summed E-state index contributed by atoms with van der Waals surface area (Å²) >= 11 is 0. The standard InChI is InChI=1S/C14H14FN5O/c1-2-21-14-11-9(6-17-13(11)18-7-19-14)5-8-3-4-10(16)20-12(8)15/h3-4,6-7H,2,5H2,1H3,(H2,16,20)(H,17,18,19). The van der Waals surface area contributed by atoms with Crippen molar-refractivity contribution in [1.29, 1.82) is 0 Å². The number of aromatic amines is 1. The molecule has 6 nitrogen and oxygen atoms in total. The number of fused-ring (bicyclic) bond motifs is 1. The van der Waals surface area contributed by atoms with Crippen LogP contribution in [-0.4, -0.2) is 26.5 Å². The first-order valence-electron chi connectivity index (χ1n) is 6.53. The minimum absolute atomic E-state index is 0.161. The molecule has 3 heterocycles. The molecule has 0 unspecified atom stereocenters. The molecule has 3 rings (SSSR count). The lowest BCUT2D eigenvalue weighted by molar-refractivity contribution is 0.330. The number of nitrogens with zero attached hydrogens (tertiary/aromatic N) is 3. The zero-order chi connectivity index (χ0) is 14.8. The van der Waals surface area contributed by atoms with Crippen molar-refractivity contribution < 1.29 is 9.13 Å². The van der Waals surface area contributed by atoms with Crippen LogP contribution in [0.2, 0.25) is 0 Å². The number of halogens is 1. The molecule has 0 atom stereocenters. The van der Waals surface area contributed by atoms with Crippen molar-refractivity contribution in [3.05, 3.63) is 41.7 Å². The number of pyridine rings is 1. The molecule has 0 radical (unpaired) electrons. The van der Waals surface area contributed by atoms with Crippen LogP contribution in [0.25, 0.3) is 11.0 Å². The molecule has 3 N–H and O–H groups in total. The monoisotopic (exact) mass is 287 g/mol. The molecule has 0 saturated carbocycles. The molecule has 0 saturated heterocycles. The molecule has 0 aliphatic heterocycles. The maximum atomic E-state index is 13.8. The van der Waals surface area contributed by atoms with Crippen LogP contribution in [0.3, 0.4) is 0 Å². The van der Waals surface area contributed by atoms with Crippen molar-refractivity contribution in [2.45, 2.75) is 13.3 Å². The lowest BCUT2D eigenvalue weighted by Gasteiger charge is -2.06. The van der Waals surface area contributed by atoms with Gasteiger partial charge in [0.1, 0.15) is 17.8 Å². The molecule has 0 spiro atoms. The van der Waals surface area contributed by atoms with Crippen LogP contribution in [0.15, 0.2) is 24.7 Å². The second-order valence-corrected chi connectivity index (χ2v) is 4.51. The van der Waals surface area contributed by atoms with Crippen molar-refractivity contribution in [2.24, 2.45) is 0 Å². The Morgan fingerprint density at radius 1 is 1.29 bits per heavy atom. The molecule has 0 amide bonds. The third-order valence-corrected chi connectivity index (χ3v) is 3.13. The van der Waals surface area contributed by atoms with Crippen molar-refractivity contribution in [2.75, 3.05) is 12.3 Å². The number of nitrogens with two attached hydrogens (primary N) is 1. The summed E-state index contributed by atoms with van der Waals surface area (Å²) in [6, 6.07) is 3.20. The second-order valence-electron chi connectivity index (χ2n) is 4.51. The van der Waals surface area contributed by atoms with Crippen LogP contribution >= 0.6 is 0 Å². The maximum absolute atomic E-state index is 13.8. The minimum Gasteiger partial charge on any atom is -0.477 e. The highest BCUT2D eigenvalue weighted by Gasteiger charge is 2.14. The summed E-state index contributed by atoms with van der Waals surface area (Å²) in [5.74, 6) is 0.0789. The van der Waals surface area contributed by atoms with Gasteiger partial charge < -0.3 is 15.5 Å². The quantitative estimate of drug-likeness (QED) is 0.717. The van der Waals surface area contributed by atoms with Gasteiger partial charge in [0, 0.05) is 18.2 Å². The summed E-state index contributed by atoms with van der Waals surface area (Å²) < 4.78 is 19.3. The van der Waals surface area contributed by atoms with E-state index in [0.717, 1.165) is 10.9 Å². The number of rotatable bonds is 4. The Morgan fingerprint density at radius 2 is 2.14 bits per heavy atom. The van der Waals surface area contributed by atoms with Gasteiger partial charge in [0.15, 0.2) is 0 Å². The van der Waals surface area contributed by atoms with Crippen LogP contribution < -0.4 is 10.5 Å². The molecule has 0 fully saturated rings. The first kappa shape index (κ1) is 13.3. The van der Waals surface area contributed by atoms with Gasteiger partial charge in [-0.2, -0.15) is 4.39 Å². The fourth-order valence-corrected chi connectivity index (χ4v) is 2.20. The van der Waals surface area contributed by atoms with Gasteiger partial charge in [-0.05, 0) is 18.6 Å². The van der Waals surface area contributed by atoms with E-state index in [0.29, 0.717) is 30.1 Å². The van der Waals surface area contributed by atoms with Crippen molar-refractivity contribution >= 4 is 16.9 Å². The molecule has 108 valence electrons. The van der Waals surface area contributed by atoms with E-state index in [2.05, 4.69) is 19.9 Å². The smallest absolute Gasteiger partial charge is 0.226 e. The van der Waals surface area contributed by atoms with E-state index in [-0.39, 0.29) is 5.82 Å². The molecule has 21 heavy (non-hydrogen) atoms. The summed E-state index contributed by atoms with van der Waals surface area (Å²) in [6.07, 6.45) is 3.56. The van der Waals surface area contributed by atoms with E-state index in [9.17, 15) is 4.39 Å². The third-order valence-electron chi connectivity index (χ3n) is 3.13. The zero-order valence-electron chi connectivity index (χ0n) is 11.4. The van der Waals surface area contributed by atoms with Gasteiger partial charge in [-0.25, -0.2) is 15.0 Å². The molecule has 0 bridgehead atoms. The van der Waals surface area contributed by atoms with Crippen LogP contribution in [0.5, 0.6) is 5.88 Å². The van der Waals surface area contributed by atoms with Crippen LogP contribution in [0, 0.1) is 5.95 Å². The van der Waals surface area contributed by atoms with Gasteiger partial charge >= 0.3 is 0 Å². The fourth-order valence-electron chi connectivity index (χ4n) is 2.20. The number of H-pyrrole nitrogens is 1. The Bertz CT molecular complexity index is 786. The topological polar surface area (TPSA) is 89.7 Å².